The van der Waals surface area contributed by atoms with E-state index in [9.17, 15) is 0 Å². The Morgan fingerprint density at radius 3 is 2.93 bits per heavy atom. The van der Waals surface area contributed by atoms with E-state index < -0.39 is 0 Å². The van der Waals surface area contributed by atoms with Gasteiger partial charge in [-0.3, -0.25) is 0 Å². The molecule has 1 aliphatic carbocycles. The molecule has 4 heteroatoms. The number of thiophene rings is 1. The van der Waals surface area contributed by atoms with Crippen LogP contribution in [0.25, 0.3) is 0 Å². The lowest BCUT2D eigenvalue weighted by molar-refractivity contribution is 0.609. The van der Waals surface area contributed by atoms with Crippen molar-refractivity contribution in [2.24, 2.45) is 0 Å². The molecule has 0 saturated heterocycles. The van der Waals surface area contributed by atoms with E-state index in [0.717, 1.165) is 25.7 Å². The molecule has 0 aromatic carbocycles. The van der Waals surface area contributed by atoms with E-state index in [1.807, 2.05) is 0 Å². The van der Waals surface area contributed by atoms with E-state index in [1.165, 1.54) is 22.2 Å². The summed E-state index contributed by atoms with van der Waals surface area (Å²) in [5, 5.41) is 9.09. The first-order valence-electron chi connectivity index (χ1n) is 5.01. The fourth-order valence-electron chi connectivity index (χ4n) is 1.32. The first kappa shape index (κ1) is 10.6. The molecular formula is C10H15BrN2S. The van der Waals surface area contributed by atoms with Crippen LogP contribution in [0.3, 0.4) is 0 Å². The van der Waals surface area contributed by atoms with E-state index in [2.05, 4.69) is 38.0 Å². The monoisotopic (exact) mass is 274 g/mol. The van der Waals surface area contributed by atoms with Crippen LogP contribution >= 0.6 is 27.3 Å². The van der Waals surface area contributed by atoms with Crippen molar-refractivity contribution in [3.05, 3.63) is 20.8 Å². The maximum atomic E-state index is 3.48. The Labute approximate surface area is 97.2 Å². The summed E-state index contributed by atoms with van der Waals surface area (Å²) in [6.45, 7) is 3.13. The molecule has 0 amide bonds. The molecule has 14 heavy (non-hydrogen) atoms. The summed E-state index contributed by atoms with van der Waals surface area (Å²) in [7, 11) is 0. The molecule has 1 heterocycles. The first-order chi connectivity index (χ1) is 6.84. The highest BCUT2D eigenvalue weighted by Gasteiger charge is 2.19. The van der Waals surface area contributed by atoms with Crippen LogP contribution in [0.4, 0.5) is 0 Å². The summed E-state index contributed by atoms with van der Waals surface area (Å²) in [4.78, 5) is 0. The van der Waals surface area contributed by atoms with E-state index in [-0.39, 0.29) is 0 Å². The largest absolute Gasteiger partial charge is 0.313 e. The van der Waals surface area contributed by atoms with Gasteiger partial charge in [0.05, 0.1) is 3.79 Å². The molecule has 0 unspecified atom stereocenters. The van der Waals surface area contributed by atoms with Crippen molar-refractivity contribution in [3.63, 3.8) is 0 Å². The van der Waals surface area contributed by atoms with Gasteiger partial charge in [-0.2, -0.15) is 0 Å². The van der Waals surface area contributed by atoms with Gasteiger partial charge in [-0.05, 0) is 45.8 Å². The third-order valence-corrected chi connectivity index (χ3v) is 3.82. The van der Waals surface area contributed by atoms with Gasteiger partial charge in [-0.1, -0.05) is 0 Å². The van der Waals surface area contributed by atoms with Crippen LogP contribution in [0, 0.1) is 0 Å². The molecule has 0 spiro atoms. The number of nitrogens with one attached hydrogen (secondary N) is 2. The second kappa shape index (κ2) is 5.26. The van der Waals surface area contributed by atoms with Crippen molar-refractivity contribution >= 4 is 27.3 Å². The molecule has 2 rings (SSSR count). The van der Waals surface area contributed by atoms with Gasteiger partial charge in [0.15, 0.2) is 0 Å². The van der Waals surface area contributed by atoms with Crippen molar-refractivity contribution in [3.8, 4) is 0 Å². The second-order valence-corrected chi connectivity index (χ2v) is 5.95. The Morgan fingerprint density at radius 1 is 1.43 bits per heavy atom. The molecule has 1 aromatic rings. The summed E-state index contributed by atoms with van der Waals surface area (Å²) in [5.74, 6) is 0. The Kier molecular flexibility index (Phi) is 3.99. The van der Waals surface area contributed by atoms with Crippen LogP contribution in [0.2, 0.25) is 0 Å². The van der Waals surface area contributed by atoms with Crippen LogP contribution < -0.4 is 10.6 Å². The summed E-state index contributed by atoms with van der Waals surface area (Å²) in [6, 6.07) is 3.00. The third-order valence-electron chi connectivity index (χ3n) is 2.26. The maximum absolute atomic E-state index is 3.48. The quantitative estimate of drug-likeness (QED) is 0.779. The number of halogens is 1. The summed E-state index contributed by atoms with van der Waals surface area (Å²) in [5.41, 5.74) is 1.37. The van der Waals surface area contributed by atoms with Crippen molar-refractivity contribution in [2.45, 2.75) is 25.4 Å². The van der Waals surface area contributed by atoms with Crippen LogP contribution in [-0.2, 0) is 6.54 Å². The molecule has 2 N–H and O–H groups in total. The Balaban J connectivity index is 1.53. The van der Waals surface area contributed by atoms with Gasteiger partial charge >= 0.3 is 0 Å². The van der Waals surface area contributed by atoms with Gasteiger partial charge in [-0.15, -0.1) is 11.3 Å². The molecule has 2 nitrogen and oxygen atoms in total. The molecule has 1 saturated carbocycles. The number of hydrogen-bond acceptors (Lipinski definition) is 3. The minimum atomic E-state index is 0.826. The molecule has 0 atom stereocenters. The zero-order chi connectivity index (χ0) is 9.80. The maximum Gasteiger partial charge on any atom is 0.0701 e. The van der Waals surface area contributed by atoms with Gasteiger partial charge in [-0.25, -0.2) is 0 Å². The summed E-state index contributed by atoms with van der Waals surface area (Å²) >= 11 is 5.20. The third kappa shape index (κ3) is 3.69. The van der Waals surface area contributed by atoms with Crippen LogP contribution in [-0.4, -0.2) is 19.1 Å². The Bertz CT molecular complexity index is 283. The molecular weight excluding hydrogens is 260 g/mol. The normalized spacial score (nSPS) is 16.1. The highest BCUT2D eigenvalue weighted by atomic mass is 79.9. The van der Waals surface area contributed by atoms with E-state index in [4.69, 9.17) is 0 Å². The SMILES string of the molecule is Brc1cc(CNCCNC2CC2)cs1. The average Bonchev–Trinajstić information content (AvgIpc) is 2.89. The molecule has 1 fully saturated rings. The van der Waals surface area contributed by atoms with Crippen molar-refractivity contribution in [1.82, 2.24) is 10.6 Å². The predicted octanol–water partition coefficient (Wildman–Crippen LogP) is 2.35. The van der Waals surface area contributed by atoms with Gasteiger partial charge in [0.1, 0.15) is 0 Å². The van der Waals surface area contributed by atoms with Crippen LogP contribution in [0.1, 0.15) is 18.4 Å². The van der Waals surface area contributed by atoms with E-state index in [0.29, 0.717) is 0 Å². The van der Waals surface area contributed by atoms with Crippen LogP contribution in [0.5, 0.6) is 0 Å². The second-order valence-electron chi connectivity index (χ2n) is 3.66. The first-order valence-corrected chi connectivity index (χ1v) is 6.69. The molecule has 0 aliphatic heterocycles. The van der Waals surface area contributed by atoms with Gasteiger partial charge in [0, 0.05) is 25.7 Å². The molecule has 0 bridgehead atoms. The van der Waals surface area contributed by atoms with Crippen molar-refractivity contribution in [1.29, 1.82) is 0 Å². The van der Waals surface area contributed by atoms with Crippen molar-refractivity contribution < 1.29 is 0 Å². The Hall–Kier alpha value is 0.1000. The minimum Gasteiger partial charge on any atom is -0.313 e. The number of hydrogen-bond donors (Lipinski definition) is 2. The lowest BCUT2D eigenvalue weighted by atomic mass is 10.3. The standard InChI is InChI=1S/C10H15BrN2S/c11-10-5-8(7-14-10)6-12-3-4-13-9-1-2-9/h5,7,9,12-13H,1-4,6H2. The number of rotatable bonds is 6. The topological polar surface area (TPSA) is 24.1 Å². The lowest BCUT2D eigenvalue weighted by Crippen LogP contribution is -2.28. The lowest BCUT2D eigenvalue weighted by Gasteiger charge is -2.03. The fourth-order valence-corrected chi connectivity index (χ4v) is 2.53. The molecule has 1 aliphatic rings. The van der Waals surface area contributed by atoms with Gasteiger partial charge in [0.25, 0.3) is 0 Å². The Morgan fingerprint density at radius 2 is 2.29 bits per heavy atom. The van der Waals surface area contributed by atoms with E-state index >= 15 is 0 Å². The predicted molar refractivity (Wildman–Crippen MR) is 64.8 cm³/mol. The summed E-state index contributed by atoms with van der Waals surface area (Å²) < 4.78 is 1.21. The zero-order valence-corrected chi connectivity index (χ0v) is 10.5. The van der Waals surface area contributed by atoms with Gasteiger partial charge < -0.3 is 10.6 Å². The highest BCUT2D eigenvalue weighted by molar-refractivity contribution is 9.11. The molecule has 0 radical (unpaired) electrons. The van der Waals surface area contributed by atoms with Crippen LogP contribution in [0.15, 0.2) is 15.2 Å². The highest BCUT2D eigenvalue weighted by Crippen LogP contribution is 2.20. The zero-order valence-electron chi connectivity index (χ0n) is 8.05. The average molecular weight is 275 g/mol. The smallest absolute Gasteiger partial charge is 0.0701 e. The van der Waals surface area contributed by atoms with Gasteiger partial charge in [0.2, 0.25) is 0 Å². The minimum absolute atomic E-state index is 0.826. The van der Waals surface area contributed by atoms with Crippen molar-refractivity contribution in [2.75, 3.05) is 13.1 Å². The molecule has 1 aromatic heterocycles. The fraction of sp³-hybridized carbons (Fsp3) is 0.600. The summed E-state index contributed by atoms with van der Waals surface area (Å²) in [6.07, 6.45) is 2.74. The van der Waals surface area contributed by atoms with E-state index in [1.54, 1.807) is 11.3 Å². The molecule has 78 valence electrons.